The number of nitrogens with zero attached hydrogens (tertiary/aromatic N) is 1. The van der Waals surface area contributed by atoms with Crippen LogP contribution in [0.1, 0.15) is 31.4 Å². The molecule has 0 amide bonds. The van der Waals surface area contributed by atoms with Crippen molar-refractivity contribution in [1.29, 1.82) is 0 Å². The van der Waals surface area contributed by atoms with Crippen LogP contribution in [0, 0.1) is 5.92 Å². The van der Waals surface area contributed by atoms with Crippen LogP contribution in [0.4, 0.5) is 5.82 Å². The minimum Gasteiger partial charge on any atom is -0.384 e. The Labute approximate surface area is 149 Å². The second-order valence-corrected chi connectivity index (χ2v) is 6.95. The summed E-state index contributed by atoms with van der Waals surface area (Å²) >= 11 is 0. The highest BCUT2D eigenvalue weighted by Crippen LogP contribution is 2.34. The molecule has 1 aliphatic heterocycles. The third-order valence-electron chi connectivity index (χ3n) is 5.20. The topological polar surface area (TPSA) is 98.2 Å². The van der Waals surface area contributed by atoms with Crippen LogP contribution in [0.3, 0.4) is 0 Å². The van der Waals surface area contributed by atoms with E-state index in [0.29, 0.717) is 17.8 Å². The van der Waals surface area contributed by atoms with Crippen molar-refractivity contribution in [2.45, 2.75) is 37.4 Å². The number of methoxy groups -OCH3 is 1. The maximum atomic E-state index is 6.73. The summed E-state index contributed by atoms with van der Waals surface area (Å²) in [4.78, 5) is 4.41. The van der Waals surface area contributed by atoms with Crippen LogP contribution in [0.15, 0.2) is 36.6 Å². The Kier molecular flexibility index (Phi) is 5.73. The number of nitrogen functional groups attached to an aromatic ring is 1. The maximum absolute atomic E-state index is 6.73. The van der Waals surface area contributed by atoms with Gasteiger partial charge in [-0.25, -0.2) is 4.98 Å². The molecule has 6 N–H and O–H groups in total. The molecule has 6 nitrogen and oxygen atoms in total. The van der Waals surface area contributed by atoms with Crippen molar-refractivity contribution in [3.63, 3.8) is 0 Å². The zero-order valence-corrected chi connectivity index (χ0v) is 14.9. The number of rotatable bonds is 6. The van der Waals surface area contributed by atoms with Gasteiger partial charge in [-0.2, -0.15) is 0 Å². The summed E-state index contributed by atoms with van der Waals surface area (Å²) in [5.41, 5.74) is 13.9. The number of allylic oxidation sites excluding steroid dienone is 2. The van der Waals surface area contributed by atoms with E-state index in [9.17, 15) is 0 Å². The Balaban J connectivity index is 1.65. The standard InChI is InChI=1S/C19H29N5O/c1-25-12-11-22-16-7-5-15(6-8-16)19(21)13-14(9-10-23-19)17-3-2-4-18(20)24-17/h2-4,9-10,13,15-16,22-23H,5-8,11-12,21H2,1H3,(H2,20,24). The fourth-order valence-electron chi connectivity index (χ4n) is 3.77. The van der Waals surface area contributed by atoms with E-state index >= 15 is 0 Å². The summed E-state index contributed by atoms with van der Waals surface area (Å²) in [6.07, 6.45) is 10.5. The first kappa shape index (κ1) is 17.9. The van der Waals surface area contributed by atoms with Gasteiger partial charge < -0.3 is 26.8 Å². The average Bonchev–Trinajstić information content (AvgIpc) is 2.62. The molecule has 1 atom stereocenters. The van der Waals surface area contributed by atoms with Gasteiger partial charge in [0.05, 0.1) is 12.3 Å². The first-order valence-corrected chi connectivity index (χ1v) is 9.02. The number of dihydropyridines is 1. The van der Waals surface area contributed by atoms with E-state index < -0.39 is 5.66 Å². The number of anilines is 1. The quantitative estimate of drug-likeness (QED) is 0.586. The predicted molar refractivity (Wildman–Crippen MR) is 101 cm³/mol. The minimum absolute atomic E-state index is 0.397. The molecule has 2 heterocycles. The smallest absolute Gasteiger partial charge is 0.124 e. The van der Waals surface area contributed by atoms with Crippen LogP contribution in [-0.2, 0) is 4.74 Å². The van der Waals surface area contributed by atoms with E-state index in [0.717, 1.165) is 50.1 Å². The highest BCUT2D eigenvalue weighted by atomic mass is 16.5. The lowest BCUT2D eigenvalue weighted by atomic mass is 9.76. The SMILES string of the molecule is COCCNC1CCC(C2(N)C=C(c3cccc(N)n3)C=CN2)CC1. The monoisotopic (exact) mass is 343 g/mol. The summed E-state index contributed by atoms with van der Waals surface area (Å²) in [7, 11) is 1.73. The molecular formula is C19H29N5O. The zero-order chi connectivity index (χ0) is 17.7. The summed E-state index contributed by atoms with van der Waals surface area (Å²) in [5.74, 6) is 0.921. The van der Waals surface area contributed by atoms with Gasteiger partial charge in [0.25, 0.3) is 0 Å². The predicted octanol–water partition coefficient (Wildman–Crippen LogP) is 1.61. The molecule has 1 unspecified atom stereocenters. The fourth-order valence-corrected chi connectivity index (χ4v) is 3.77. The molecule has 0 spiro atoms. The molecule has 3 rings (SSSR count). The number of nitrogens with one attached hydrogen (secondary N) is 2. The van der Waals surface area contributed by atoms with Crippen molar-refractivity contribution in [1.82, 2.24) is 15.6 Å². The van der Waals surface area contributed by atoms with Crippen molar-refractivity contribution in [3.05, 3.63) is 42.2 Å². The Morgan fingerprint density at radius 2 is 2.12 bits per heavy atom. The number of hydrogen-bond acceptors (Lipinski definition) is 6. The van der Waals surface area contributed by atoms with Crippen LogP contribution in [0.25, 0.3) is 5.57 Å². The molecule has 0 saturated heterocycles. The fraction of sp³-hybridized carbons (Fsp3) is 0.526. The second kappa shape index (κ2) is 7.99. The molecule has 1 fully saturated rings. The molecule has 1 aromatic rings. The lowest BCUT2D eigenvalue weighted by molar-refractivity contribution is 0.174. The first-order valence-electron chi connectivity index (χ1n) is 9.02. The molecule has 1 saturated carbocycles. The van der Waals surface area contributed by atoms with Crippen molar-refractivity contribution >= 4 is 11.4 Å². The molecule has 1 aliphatic carbocycles. The number of aromatic nitrogens is 1. The first-order chi connectivity index (χ1) is 12.1. The normalized spacial score (nSPS) is 29.1. The van der Waals surface area contributed by atoms with Crippen LogP contribution >= 0.6 is 0 Å². The van der Waals surface area contributed by atoms with Gasteiger partial charge in [0.1, 0.15) is 11.5 Å². The lowest BCUT2D eigenvalue weighted by Crippen LogP contribution is -2.58. The van der Waals surface area contributed by atoms with Gasteiger partial charge in [-0.3, -0.25) is 0 Å². The van der Waals surface area contributed by atoms with Crippen LogP contribution in [-0.4, -0.2) is 37.0 Å². The second-order valence-electron chi connectivity index (χ2n) is 6.95. The van der Waals surface area contributed by atoms with Crippen molar-refractivity contribution < 1.29 is 4.74 Å². The van der Waals surface area contributed by atoms with E-state index in [1.807, 2.05) is 24.4 Å². The average molecular weight is 343 g/mol. The Morgan fingerprint density at radius 1 is 1.32 bits per heavy atom. The summed E-state index contributed by atoms with van der Waals surface area (Å²) in [6, 6.07) is 6.24. The maximum Gasteiger partial charge on any atom is 0.124 e. The molecule has 2 aliphatic rings. The highest BCUT2D eigenvalue weighted by Gasteiger charge is 2.36. The number of pyridine rings is 1. The van der Waals surface area contributed by atoms with E-state index in [2.05, 4.69) is 21.7 Å². The largest absolute Gasteiger partial charge is 0.384 e. The zero-order valence-electron chi connectivity index (χ0n) is 14.9. The number of hydrogen-bond donors (Lipinski definition) is 4. The van der Waals surface area contributed by atoms with Gasteiger partial charge in [0, 0.05) is 25.3 Å². The molecule has 25 heavy (non-hydrogen) atoms. The molecule has 0 aromatic carbocycles. The summed E-state index contributed by atoms with van der Waals surface area (Å²) in [5, 5.41) is 6.93. The summed E-state index contributed by atoms with van der Waals surface area (Å²) < 4.78 is 5.10. The lowest BCUT2D eigenvalue weighted by Gasteiger charge is -2.41. The summed E-state index contributed by atoms with van der Waals surface area (Å²) in [6.45, 7) is 1.66. The minimum atomic E-state index is -0.534. The molecular weight excluding hydrogens is 314 g/mol. The van der Waals surface area contributed by atoms with Crippen LogP contribution in [0.5, 0.6) is 0 Å². The Morgan fingerprint density at radius 3 is 2.84 bits per heavy atom. The number of ether oxygens (including phenoxy) is 1. The Bertz CT molecular complexity index is 636. The van der Waals surface area contributed by atoms with Crippen LogP contribution in [0.2, 0.25) is 0 Å². The van der Waals surface area contributed by atoms with E-state index in [1.54, 1.807) is 13.2 Å². The van der Waals surface area contributed by atoms with E-state index in [-0.39, 0.29) is 0 Å². The van der Waals surface area contributed by atoms with Gasteiger partial charge in [0.15, 0.2) is 0 Å². The highest BCUT2D eigenvalue weighted by molar-refractivity contribution is 5.74. The van der Waals surface area contributed by atoms with Crippen molar-refractivity contribution in [3.8, 4) is 0 Å². The third kappa shape index (κ3) is 4.39. The molecule has 136 valence electrons. The molecule has 6 heteroatoms. The van der Waals surface area contributed by atoms with Crippen LogP contribution < -0.4 is 22.1 Å². The van der Waals surface area contributed by atoms with Gasteiger partial charge >= 0.3 is 0 Å². The van der Waals surface area contributed by atoms with Gasteiger partial charge in [-0.1, -0.05) is 6.07 Å². The molecule has 1 aromatic heterocycles. The van der Waals surface area contributed by atoms with E-state index in [4.69, 9.17) is 16.2 Å². The van der Waals surface area contributed by atoms with Gasteiger partial charge in [-0.05, 0) is 62.1 Å². The molecule has 0 bridgehead atoms. The number of nitrogens with two attached hydrogens (primary N) is 2. The molecule has 0 radical (unpaired) electrons. The van der Waals surface area contributed by atoms with Crippen molar-refractivity contribution in [2.24, 2.45) is 11.7 Å². The van der Waals surface area contributed by atoms with Crippen molar-refractivity contribution in [2.75, 3.05) is 26.0 Å². The third-order valence-corrected chi connectivity index (χ3v) is 5.20. The van der Waals surface area contributed by atoms with Gasteiger partial charge in [-0.15, -0.1) is 0 Å². The van der Waals surface area contributed by atoms with Gasteiger partial charge in [0.2, 0.25) is 0 Å². The van der Waals surface area contributed by atoms with E-state index in [1.165, 1.54) is 0 Å². The Hall–Kier alpha value is -1.89.